The second kappa shape index (κ2) is 5.44. The molecule has 114 valence electrons. The second-order valence-electron chi connectivity index (χ2n) is 5.15. The van der Waals surface area contributed by atoms with Gasteiger partial charge in [0.05, 0.1) is 16.9 Å². The van der Waals surface area contributed by atoms with E-state index in [-0.39, 0.29) is 11.5 Å². The van der Waals surface area contributed by atoms with Crippen molar-refractivity contribution < 1.29 is 0 Å². The number of benzene rings is 1. The number of H-pyrrole nitrogens is 1. The number of nitriles is 1. The maximum absolute atomic E-state index is 9.22. The van der Waals surface area contributed by atoms with Gasteiger partial charge in [-0.05, 0) is 24.3 Å². The Balaban J connectivity index is 2.00. The highest BCUT2D eigenvalue weighted by Crippen LogP contribution is 2.31. The molecule has 3 N–H and O–H groups in total. The molecule has 0 saturated carbocycles. The standard InChI is InChI=1S/C17H11N7/c18-9-14-17(19)23-16(13-5-7-21-24-13)15(22-14)11-3-4-12-10(8-11)2-1-6-20-12/h1-8H,(H2,19,23)(H,21,24). The van der Waals surface area contributed by atoms with Crippen LogP contribution in [0.25, 0.3) is 33.5 Å². The molecule has 0 bridgehead atoms. The van der Waals surface area contributed by atoms with Gasteiger partial charge in [-0.25, -0.2) is 9.97 Å². The van der Waals surface area contributed by atoms with E-state index < -0.39 is 0 Å². The van der Waals surface area contributed by atoms with Crippen molar-refractivity contribution in [2.45, 2.75) is 0 Å². The Hall–Kier alpha value is -3.79. The maximum atomic E-state index is 9.22. The summed E-state index contributed by atoms with van der Waals surface area (Å²) in [7, 11) is 0. The number of nitrogens with one attached hydrogen (secondary N) is 1. The molecule has 0 radical (unpaired) electrons. The van der Waals surface area contributed by atoms with Crippen LogP contribution in [0.2, 0.25) is 0 Å². The molecule has 4 aromatic rings. The lowest BCUT2D eigenvalue weighted by atomic mass is 10.0. The van der Waals surface area contributed by atoms with E-state index in [1.165, 1.54) is 0 Å². The Morgan fingerprint density at radius 2 is 1.96 bits per heavy atom. The summed E-state index contributed by atoms with van der Waals surface area (Å²) >= 11 is 0. The molecular weight excluding hydrogens is 302 g/mol. The van der Waals surface area contributed by atoms with Crippen LogP contribution in [0.4, 0.5) is 5.82 Å². The quantitative estimate of drug-likeness (QED) is 0.587. The highest BCUT2D eigenvalue weighted by Gasteiger charge is 2.16. The van der Waals surface area contributed by atoms with Gasteiger partial charge < -0.3 is 5.73 Å². The van der Waals surface area contributed by atoms with Gasteiger partial charge in [0, 0.05) is 23.3 Å². The van der Waals surface area contributed by atoms with Crippen molar-refractivity contribution in [3.63, 3.8) is 0 Å². The SMILES string of the molecule is N#Cc1nc(-c2ccc3ncccc3c2)c(-c2ccn[nH]2)nc1N. The first-order chi connectivity index (χ1) is 11.8. The Bertz CT molecular complexity index is 1080. The number of nitrogens with zero attached hydrogens (tertiary/aromatic N) is 5. The predicted octanol–water partition coefficient (Wildman–Crippen LogP) is 2.54. The molecule has 0 unspecified atom stereocenters. The fourth-order valence-electron chi connectivity index (χ4n) is 2.53. The third-order valence-electron chi connectivity index (χ3n) is 3.66. The molecule has 1 aromatic carbocycles. The van der Waals surface area contributed by atoms with Gasteiger partial charge in [-0.3, -0.25) is 10.1 Å². The van der Waals surface area contributed by atoms with Crippen LogP contribution in [-0.4, -0.2) is 25.1 Å². The van der Waals surface area contributed by atoms with E-state index in [1.807, 2.05) is 36.4 Å². The zero-order chi connectivity index (χ0) is 16.5. The van der Waals surface area contributed by atoms with Crippen molar-refractivity contribution in [3.05, 3.63) is 54.5 Å². The molecule has 24 heavy (non-hydrogen) atoms. The van der Waals surface area contributed by atoms with Gasteiger partial charge in [-0.15, -0.1) is 0 Å². The van der Waals surface area contributed by atoms with Crippen molar-refractivity contribution in [3.8, 4) is 28.7 Å². The van der Waals surface area contributed by atoms with Crippen molar-refractivity contribution in [2.24, 2.45) is 0 Å². The normalized spacial score (nSPS) is 10.6. The first-order valence-electron chi connectivity index (χ1n) is 7.19. The van der Waals surface area contributed by atoms with Crippen molar-refractivity contribution in [1.29, 1.82) is 5.26 Å². The third-order valence-corrected chi connectivity index (χ3v) is 3.66. The first kappa shape index (κ1) is 13.8. The van der Waals surface area contributed by atoms with Gasteiger partial charge in [0.2, 0.25) is 0 Å². The minimum atomic E-state index is 0.0910. The molecule has 0 fully saturated rings. The van der Waals surface area contributed by atoms with Gasteiger partial charge >= 0.3 is 0 Å². The lowest BCUT2D eigenvalue weighted by molar-refractivity contribution is 1.08. The summed E-state index contributed by atoms with van der Waals surface area (Å²) in [5, 5.41) is 17.0. The maximum Gasteiger partial charge on any atom is 0.183 e. The number of nitrogen functional groups attached to an aromatic ring is 1. The van der Waals surface area contributed by atoms with Gasteiger partial charge in [-0.1, -0.05) is 12.1 Å². The average Bonchev–Trinajstić information content (AvgIpc) is 3.15. The fraction of sp³-hybridized carbons (Fsp3) is 0. The number of aromatic amines is 1. The van der Waals surface area contributed by atoms with Crippen LogP contribution in [-0.2, 0) is 0 Å². The van der Waals surface area contributed by atoms with Crippen LogP contribution in [0.15, 0.2) is 48.8 Å². The summed E-state index contributed by atoms with van der Waals surface area (Å²) in [5.41, 5.74) is 9.43. The molecule has 0 aliphatic heterocycles. The van der Waals surface area contributed by atoms with Gasteiger partial charge in [0.15, 0.2) is 11.5 Å². The number of anilines is 1. The van der Waals surface area contributed by atoms with Crippen LogP contribution in [0.1, 0.15) is 5.69 Å². The van der Waals surface area contributed by atoms with Crippen LogP contribution in [0, 0.1) is 11.3 Å². The highest BCUT2D eigenvalue weighted by atomic mass is 15.1. The molecule has 0 amide bonds. The summed E-state index contributed by atoms with van der Waals surface area (Å²) in [5.74, 6) is 0.0910. The molecule has 3 heterocycles. The van der Waals surface area contributed by atoms with E-state index in [0.717, 1.165) is 16.5 Å². The number of aromatic nitrogens is 5. The fourth-order valence-corrected chi connectivity index (χ4v) is 2.53. The van der Waals surface area contributed by atoms with E-state index in [0.29, 0.717) is 17.1 Å². The smallest absolute Gasteiger partial charge is 0.183 e. The van der Waals surface area contributed by atoms with Crippen LogP contribution in [0.3, 0.4) is 0 Å². The second-order valence-corrected chi connectivity index (χ2v) is 5.15. The van der Waals surface area contributed by atoms with E-state index in [9.17, 15) is 5.26 Å². The monoisotopic (exact) mass is 313 g/mol. The zero-order valence-corrected chi connectivity index (χ0v) is 12.4. The number of hydrogen-bond donors (Lipinski definition) is 2. The van der Waals surface area contributed by atoms with Crippen molar-refractivity contribution >= 4 is 16.7 Å². The molecular formula is C17H11N7. The van der Waals surface area contributed by atoms with Crippen LogP contribution in [0.5, 0.6) is 0 Å². The Kier molecular flexibility index (Phi) is 3.14. The lowest BCUT2D eigenvalue weighted by Crippen LogP contribution is -2.03. The average molecular weight is 313 g/mol. The molecule has 7 heteroatoms. The number of rotatable bonds is 2. The molecule has 3 aromatic heterocycles. The first-order valence-corrected chi connectivity index (χ1v) is 7.19. The van der Waals surface area contributed by atoms with Crippen molar-refractivity contribution in [2.75, 3.05) is 5.73 Å². The number of hydrogen-bond acceptors (Lipinski definition) is 6. The summed E-state index contributed by atoms with van der Waals surface area (Å²) < 4.78 is 0. The van der Waals surface area contributed by atoms with E-state index in [1.54, 1.807) is 18.5 Å². The molecule has 4 rings (SSSR count). The third kappa shape index (κ3) is 2.23. The van der Waals surface area contributed by atoms with Crippen LogP contribution >= 0.6 is 0 Å². The summed E-state index contributed by atoms with van der Waals surface area (Å²) in [4.78, 5) is 13.1. The zero-order valence-electron chi connectivity index (χ0n) is 12.4. The van der Waals surface area contributed by atoms with Crippen molar-refractivity contribution in [1.82, 2.24) is 25.1 Å². The summed E-state index contributed by atoms with van der Waals surface area (Å²) in [6.45, 7) is 0. The largest absolute Gasteiger partial charge is 0.381 e. The summed E-state index contributed by atoms with van der Waals surface area (Å²) in [6.07, 6.45) is 3.37. The van der Waals surface area contributed by atoms with E-state index in [4.69, 9.17) is 5.73 Å². The number of pyridine rings is 1. The minimum Gasteiger partial charge on any atom is -0.381 e. The number of nitrogens with two attached hydrogens (primary N) is 1. The van der Waals surface area contributed by atoms with Gasteiger partial charge in [0.25, 0.3) is 0 Å². The van der Waals surface area contributed by atoms with Gasteiger partial charge in [0.1, 0.15) is 11.8 Å². The predicted molar refractivity (Wildman–Crippen MR) is 89.5 cm³/mol. The minimum absolute atomic E-state index is 0.0910. The Morgan fingerprint density at radius 1 is 1.04 bits per heavy atom. The summed E-state index contributed by atoms with van der Waals surface area (Å²) in [6, 6.07) is 13.4. The Morgan fingerprint density at radius 3 is 2.75 bits per heavy atom. The molecule has 0 spiro atoms. The van der Waals surface area contributed by atoms with Crippen LogP contribution < -0.4 is 5.73 Å². The molecule has 0 atom stereocenters. The molecule has 7 nitrogen and oxygen atoms in total. The molecule has 0 saturated heterocycles. The lowest BCUT2D eigenvalue weighted by Gasteiger charge is -2.09. The van der Waals surface area contributed by atoms with Gasteiger partial charge in [-0.2, -0.15) is 10.4 Å². The molecule has 0 aliphatic rings. The number of fused-ring (bicyclic) bond motifs is 1. The molecule has 0 aliphatic carbocycles. The Labute approximate surface area is 136 Å². The highest BCUT2D eigenvalue weighted by molar-refractivity contribution is 5.87. The van der Waals surface area contributed by atoms with E-state index >= 15 is 0 Å². The topological polar surface area (TPSA) is 117 Å². The van der Waals surface area contributed by atoms with E-state index in [2.05, 4.69) is 25.1 Å².